The van der Waals surface area contributed by atoms with Crippen molar-refractivity contribution in [1.82, 2.24) is 0 Å². The van der Waals surface area contributed by atoms with E-state index >= 15 is 0 Å². The molecule has 0 saturated heterocycles. The molecule has 4 rings (SSSR count). The minimum absolute atomic E-state index is 0.0736. The van der Waals surface area contributed by atoms with Crippen LogP contribution in [0.15, 0.2) is 12.1 Å². The van der Waals surface area contributed by atoms with Crippen molar-refractivity contribution in [3.63, 3.8) is 0 Å². The van der Waals surface area contributed by atoms with E-state index in [1.165, 1.54) is 6.42 Å². The second-order valence-electron chi connectivity index (χ2n) is 7.41. The van der Waals surface area contributed by atoms with E-state index in [0.29, 0.717) is 18.3 Å². The van der Waals surface area contributed by atoms with Gasteiger partial charge in [-0.05, 0) is 62.0 Å². The van der Waals surface area contributed by atoms with Crippen molar-refractivity contribution in [2.24, 2.45) is 17.6 Å². The fourth-order valence-corrected chi connectivity index (χ4v) is 5.67. The maximum absolute atomic E-state index is 11.6. The van der Waals surface area contributed by atoms with Gasteiger partial charge in [-0.25, -0.2) is 0 Å². The molecule has 2 saturated carbocycles. The molecule has 0 radical (unpaired) electrons. The summed E-state index contributed by atoms with van der Waals surface area (Å²) >= 11 is 0. The molecule has 4 heteroatoms. The summed E-state index contributed by atoms with van der Waals surface area (Å²) in [6.45, 7) is 0. The first kappa shape index (κ1) is 14.1. The van der Waals surface area contributed by atoms with Crippen molar-refractivity contribution in [2.75, 3.05) is 0 Å². The molecule has 4 atom stereocenters. The first-order chi connectivity index (χ1) is 10.5. The number of carbonyl (C=O) groups excluding carboxylic acids is 1. The van der Waals surface area contributed by atoms with E-state index in [1.54, 1.807) is 6.07 Å². The highest BCUT2D eigenvalue weighted by Crippen LogP contribution is 2.60. The van der Waals surface area contributed by atoms with E-state index in [0.717, 1.165) is 43.2 Å². The molecule has 2 fully saturated rings. The van der Waals surface area contributed by atoms with Gasteiger partial charge in [0.15, 0.2) is 0 Å². The van der Waals surface area contributed by atoms with Crippen molar-refractivity contribution >= 4 is 5.91 Å². The molecule has 118 valence electrons. The van der Waals surface area contributed by atoms with Crippen molar-refractivity contribution in [1.29, 1.82) is 0 Å². The van der Waals surface area contributed by atoms with Crippen LogP contribution in [0.2, 0.25) is 0 Å². The van der Waals surface area contributed by atoms with Crippen LogP contribution in [-0.2, 0) is 11.8 Å². The van der Waals surface area contributed by atoms with Crippen LogP contribution in [0.5, 0.6) is 5.75 Å². The second kappa shape index (κ2) is 4.72. The number of fused-ring (bicyclic) bond motifs is 1. The van der Waals surface area contributed by atoms with E-state index in [2.05, 4.69) is 0 Å². The number of rotatable bonds is 1. The Balaban J connectivity index is 1.95. The molecule has 0 aromatic heterocycles. The predicted octanol–water partition coefficient (Wildman–Crippen LogP) is 2.25. The van der Waals surface area contributed by atoms with Gasteiger partial charge in [-0.3, -0.25) is 4.79 Å². The lowest BCUT2D eigenvalue weighted by Crippen LogP contribution is -2.52. The molecule has 22 heavy (non-hydrogen) atoms. The standard InChI is InChI=1S/C18H23NO3/c19-17(22)13-5-3-11-8-10-2-1-7-18(15(11)16(13)21)9-12(20)4-6-14(10)18/h3,5,10,12,14,20-21H,1-2,4,6-9H2,(H2,19,22)/t10-,12-,14+,18+/m1/s1. The third kappa shape index (κ3) is 1.76. The zero-order valence-corrected chi connectivity index (χ0v) is 12.7. The summed E-state index contributed by atoms with van der Waals surface area (Å²) in [6.07, 6.45) is 6.61. The molecule has 3 aliphatic rings. The number of aliphatic hydroxyl groups is 1. The van der Waals surface area contributed by atoms with Crippen molar-refractivity contribution in [3.05, 3.63) is 28.8 Å². The molecule has 1 amide bonds. The Morgan fingerprint density at radius 2 is 2.09 bits per heavy atom. The smallest absolute Gasteiger partial charge is 0.252 e. The number of hydrogen-bond acceptors (Lipinski definition) is 3. The molecule has 1 aromatic rings. The topological polar surface area (TPSA) is 83.6 Å². The van der Waals surface area contributed by atoms with E-state index < -0.39 is 5.91 Å². The molecule has 4 nitrogen and oxygen atoms in total. The van der Waals surface area contributed by atoms with Crippen LogP contribution in [0, 0.1) is 11.8 Å². The average molecular weight is 301 g/mol. The summed E-state index contributed by atoms with van der Waals surface area (Å²) in [7, 11) is 0. The Kier molecular flexibility index (Phi) is 3.02. The van der Waals surface area contributed by atoms with Crippen LogP contribution in [0.3, 0.4) is 0 Å². The maximum atomic E-state index is 11.6. The van der Waals surface area contributed by atoms with Gasteiger partial charge in [0.05, 0.1) is 11.7 Å². The number of primary amides is 1. The number of aliphatic hydroxyl groups excluding tert-OH is 1. The van der Waals surface area contributed by atoms with E-state index in [1.807, 2.05) is 6.07 Å². The minimum Gasteiger partial charge on any atom is -0.507 e. The normalized spacial score (nSPS) is 36.3. The predicted molar refractivity (Wildman–Crippen MR) is 82.7 cm³/mol. The van der Waals surface area contributed by atoms with Gasteiger partial charge in [0.2, 0.25) is 0 Å². The third-order valence-electron chi connectivity index (χ3n) is 6.40. The average Bonchev–Trinajstić information content (AvgIpc) is 2.45. The SMILES string of the molecule is NC(=O)c1ccc2c(c1O)[C@]13CCC[C@H](C2)[C@@H]1CC[C@@H](O)C3. The fourth-order valence-electron chi connectivity index (χ4n) is 5.67. The number of carbonyl (C=O) groups is 1. The van der Waals surface area contributed by atoms with Crippen LogP contribution < -0.4 is 5.73 Å². The fraction of sp³-hybridized carbons (Fsp3) is 0.611. The van der Waals surface area contributed by atoms with Crippen molar-refractivity contribution in [3.8, 4) is 5.75 Å². The highest BCUT2D eigenvalue weighted by atomic mass is 16.3. The lowest BCUT2D eigenvalue weighted by Gasteiger charge is -2.56. The van der Waals surface area contributed by atoms with Crippen molar-refractivity contribution < 1.29 is 15.0 Å². The highest BCUT2D eigenvalue weighted by molar-refractivity contribution is 5.96. The van der Waals surface area contributed by atoms with Gasteiger partial charge < -0.3 is 15.9 Å². The zero-order valence-electron chi connectivity index (χ0n) is 12.7. The van der Waals surface area contributed by atoms with Crippen LogP contribution in [-0.4, -0.2) is 22.2 Å². The van der Waals surface area contributed by atoms with E-state index in [9.17, 15) is 15.0 Å². The first-order valence-corrected chi connectivity index (χ1v) is 8.36. The van der Waals surface area contributed by atoms with Gasteiger partial charge in [0.1, 0.15) is 5.75 Å². The summed E-state index contributed by atoms with van der Waals surface area (Å²) in [5, 5.41) is 21.0. The van der Waals surface area contributed by atoms with E-state index in [4.69, 9.17) is 5.73 Å². The number of phenols is 1. The molecule has 4 N–H and O–H groups in total. The lowest BCUT2D eigenvalue weighted by molar-refractivity contribution is -0.0134. The van der Waals surface area contributed by atoms with Crippen LogP contribution >= 0.6 is 0 Å². The molecule has 0 unspecified atom stereocenters. The lowest BCUT2D eigenvalue weighted by atomic mass is 9.48. The minimum atomic E-state index is -0.581. The van der Waals surface area contributed by atoms with Crippen molar-refractivity contribution in [2.45, 2.75) is 56.5 Å². The summed E-state index contributed by atoms with van der Waals surface area (Å²) < 4.78 is 0. The van der Waals surface area contributed by atoms with Gasteiger partial charge in [-0.1, -0.05) is 12.5 Å². The largest absolute Gasteiger partial charge is 0.507 e. The molecular formula is C18H23NO3. The third-order valence-corrected chi connectivity index (χ3v) is 6.40. The number of amides is 1. The Labute approximate surface area is 130 Å². The van der Waals surface area contributed by atoms with Crippen LogP contribution in [0.1, 0.15) is 60.0 Å². The Hall–Kier alpha value is -1.55. The molecular weight excluding hydrogens is 278 g/mol. The first-order valence-electron chi connectivity index (χ1n) is 8.36. The maximum Gasteiger partial charge on any atom is 0.252 e. The molecule has 3 aliphatic carbocycles. The highest BCUT2D eigenvalue weighted by Gasteiger charge is 2.54. The van der Waals surface area contributed by atoms with Gasteiger partial charge in [-0.15, -0.1) is 0 Å². The summed E-state index contributed by atoms with van der Waals surface area (Å²) in [4.78, 5) is 11.6. The number of aromatic hydroxyl groups is 1. The summed E-state index contributed by atoms with van der Waals surface area (Å²) in [6, 6.07) is 3.62. The molecule has 2 bridgehead atoms. The van der Waals surface area contributed by atoms with Crippen LogP contribution in [0.4, 0.5) is 0 Å². The van der Waals surface area contributed by atoms with Gasteiger partial charge in [-0.2, -0.15) is 0 Å². The van der Waals surface area contributed by atoms with Gasteiger partial charge in [0, 0.05) is 11.0 Å². The number of benzene rings is 1. The Morgan fingerprint density at radius 1 is 1.27 bits per heavy atom. The molecule has 0 heterocycles. The van der Waals surface area contributed by atoms with Gasteiger partial charge in [0.25, 0.3) is 5.91 Å². The summed E-state index contributed by atoms with van der Waals surface area (Å²) in [5.41, 5.74) is 7.55. The molecule has 1 aromatic carbocycles. The van der Waals surface area contributed by atoms with Gasteiger partial charge >= 0.3 is 0 Å². The van der Waals surface area contributed by atoms with E-state index in [-0.39, 0.29) is 22.8 Å². The second-order valence-corrected chi connectivity index (χ2v) is 7.41. The Morgan fingerprint density at radius 3 is 2.86 bits per heavy atom. The van der Waals surface area contributed by atoms with Crippen LogP contribution in [0.25, 0.3) is 0 Å². The number of nitrogens with two attached hydrogens (primary N) is 1. The molecule has 0 aliphatic heterocycles. The number of hydrogen-bond donors (Lipinski definition) is 3. The quantitative estimate of drug-likeness (QED) is 0.744. The molecule has 0 spiro atoms. The summed E-state index contributed by atoms with van der Waals surface area (Å²) in [5.74, 6) is 0.658. The zero-order chi connectivity index (χ0) is 15.5. The monoisotopic (exact) mass is 301 g/mol. The Bertz CT molecular complexity index is 641.